The van der Waals surface area contributed by atoms with Crippen LogP contribution in [0, 0.1) is 5.41 Å². The van der Waals surface area contributed by atoms with Gasteiger partial charge in [0.15, 0.2) is 0 Å². The van der Waals surface area contributed by atoms with Gasteiger partial charge in [-0.15, -0.1) is 0 Å². The predicted octanol–water partition coefficient (Wildman–Crippen LogP) is 1.81. The Kier molecular flexibility index (Phi) is 1.88. The molecule has 0 radical (unpaired) electrons. The van der Waals surface area contributed by atoms with E-state index in [1.807, 2.05) is 0 Å². The summed E-state index contributed by atoms with van der Waals surface area (Å²) < 4.78 is 5.48. The third-order valence-corrected chi connectivity index (χ3v) is 3.89. The van der Waals surface area contributed by atoms with Crippen molar-refractivity contribution >= 4 is 5.97 Å². The predicted molar refractivity (Wildman–Crippen MR) is 47.5 cm³/mol. The van der Waals surface area contributed by atoms with Crippen LogP contribution in [0.4, 0.5) is 0 Å². The van der Waals surface area contributed by atoms with E-state index in [2.05, 4.69) is 0 Å². The topological polar surface area (TPSA) is 46.5 Å². The van der Waals surface area contributed by atoms with Crippen LogP contribution in [0.1, 0.15) is 38.5 Å². The summed E-state index contributed by atoms with van der Waals surface area (Å²) in [7, 11) is 1.71. The van der Waals surface area contributed by atoms with Gasteiger partial charge in [0.25, 0.3) is 0 Å². The number of hydrogen-bond donors (Lipinski definition) is 1. The van der Waals surface area contributed by atoms with E-state index in [4.69, 9.17) is 9.84 Å². The van der Waals surface area contributed by atoms with Crippen LogP contribution >= 0.6 is 0 Å². The number of ether oxygens (including phenoxy) is 1. The van der Waals surface area contributed by atoms with Gasteiger partial charge in [0.1, 0.15) is 0 Å². The number of carbonyl (C=O) groups is 1. The maximum atomic E-state index is 11.1. The minimum atomic E-state index is -0.619. The Balaban J connectivity index is 2.23. The SMILES string of the molecule is COC12CCCC(C(=O)O)(CC1)C2. The van der Waals surface area contributed by atoms with Crippen molar-refractivity contribution in [2.24, 2.45) is 5.41 Å². The highest BCUT2D eigenvalue weighted by atomic mass is 16.5. The molecule has 2 atom stereocenters. The molecule has 0 amide bonds. The van der Waals surface area contributed by atoms with Crippen LogP contribution in [0.25, 0.3) is 0 Å². The summed E-state index contributed by atoms with van der Waals surface area (Å²) in [5.74, 6) is -0.619. The molecule has 0 heterocycles. The normalized spacial score (nSPS) is 43.5. The first-order valence-electron chi connectivity index (χ1n) is 4.91. The zero-order chi connectivity index (χ0) is 9.53. The van der Waals surface area contributed by atoms with Crippen LogP contribution in [0.5, 0.6) is 0 Å². The van der Waals surface area contributed by atoms with Crippen LogP contribution in [0.2, 0.25) is 0 Å². The number of methoxy groups -OCH3 is 1. The Morgan fingerprint density at radius 3 is 2.69 bits per heavy atom. The Bertz CT molecular complexity index is 238. The van der Waals surface area contributed by atoms with Crippen molar-refractivity contribution in [2.75, 3.05) is 7.11 Å². The fraction of sp³-hybridized carbons (Fsp3) is 0.900. The van der Waals surface area contributed by atoms with Gasteiger partial charge >= 0.3 is 5.97 Å². The minimum absolute atomic E-state index is 0.101. The number of hydrogen-bond acceptors (Lipinski definition) is 2. The highest BCUT2D eigenvalue weighted by Gasteiger charge is 2.55. The Hall–Kier alpha value is -0.570. The largest absolute Gasteiger partial charge is 0.481 e. The molecule has 2 aliphatic carbocycles. The maximum Gasteiger partial charge on any atom is 0.309 e. The summed E-state index contributed by atoms with van der Waals surface area (Å²) in [6.07, 6.45) is 5.34. The average molecular weight is 184 g/mol. The second-order valence-corrected chi connectivity index (χ2v) is 4.50. The van der Waals surface area contributed by atoms with Crippen molar-refractivity contribution in [3.05, 3.63) is 0 Å². The molecule has 3 nitrogen and oxygen atoms in total. The molecule has 0 aromatic heterocycles. The third kappa shape index (κ3) is 1.17. The smallest absolute Gasteiger partial charge is 0.309 e. The van der Waals surface area contributed by atoms with Crippen LogP contribution in [-0.2, 0) is 9.53 Å². The molecule has 2 bridgehead atoms. The average Bonchev–Trinajstić information content (AvgIpc) is 2.41. The van der Waals surface area contributed by atoms with Gasteiger partial charge < -0.3 is 9.84 Å². The van der Waals surface area contributed by atoms with Gasteiger partial charge in [-0.3, -0.25) is 4.79 Å². The second-order valence-electron chi connectivity index (χ2n) is 4.50. The number of carboxylic acids is 1. The molecule has 3 heteroatoms. The molecule has 2 saturated carbocycles. The Morgan fingerprint density at radius 2 is 2.08 bits per heavy atom. The lowest BCUT2D eigenvalue weighted by atomic mass is 9.74. The van der Waals surface area contributed by atoms with Gasteiger partial charge in [-0.05, 0) is 38.5 Å². The lowest BCUT2D eigenvalue weighted by Gasteiger charge is -2.35. The fourth-order valence-electron chi connectivity index (χ4n) is 3.00. The summed E-state index contributed by atoms with van der Waals surface area (Å²) >= 11 is 0. The molecular weight excluding hydrogens is 168 g/mol. The zero-order valence-electron chi connectivity index (χ0n) is 8.01. The van der Waals surface area contributed by atoms with E-state index in [0.29, 0.717) is 0 Å². The molecule has 0 aliphatic heterocycles. The summed E-state index contributed by atoms with van der Waals surface area (Å²) in [6.45, 7) is 0. The van der Waals surface area contributed by atoms with Gasteiger partial charge in [0, 0.05) is 7.11 Å². The zero-order valence-corrected chi connectivity index (χ0v) is 8.01. The molecule has 0 saturated heterocycles. The molecule has 2 rings (SSSR count). The molecule has 2 unspecified atom stereocenters. The van der Waals surface area contributed by atoms with Gasteiger partial charge in [0.05, 0.1) is 11.0 Å². The third-order valence-electron chi connectivity index (χ3n) is 3.89. The summed E-state index contributed by atoms with van der Waals surface area (Å²) in [5, 5.41) is 9.17. The van der Waals surface area contributed by atoms with E-state index in [1.54, 1.807) is 7.11 Å². The molecule has 0 spiro atoms. The van der Waals surface area contributed by atoms with Crippen molar-refractivity contribution in [3.8, 4) is 0 Å². The molecule has 2 aliphatic rings. The minimum Gasteiger partial charge on any atom is -0.481 e. The Labute approximate surface area is 78.1 Å². The van der Waals surface area contributed by atoms with Crippen molar-refractivity contribution in [2.45, 2.75) is 44.1 Å². The molecule has 2 fully saturated rings. The van der Waals surface area contributed by atoms with Gasteiger partial charge in [-0.25, -0.2) is 0 Å². The van der Waals surface area contributed by atoms with Crippen molar-refractivity contribution in [3.63, 3.8) is 0 Å². The van der Waals surface area contributed by atoms with Gasteiger partial charge in [-0.1, -0.05) is 0 Å². The lowest BCUT2D eigenvalue weighted by molar-refractivity contribution is -0.152. The van der Waals surface area contributed by atoms with Crippen LogP contribution in [0.15, 0.2) is 0 Å². The van der Waals surface area contributed by atoms with Crippen LogP contribution in [-0.4, -0.2) is 23.8 Å². The van der Waals surface area contributed by atoms with E-state index >= 15 is 0 Å². The van der Waals surface area contributed by atoms with Crippen molar-refractivity contribution in [1.82, 2.24) is 0 Å². The summed E-state index contributed by atoms with van der Waals surface area (Å²) in [4.78, 5) is 11.1. The first kappa shape index (κ1) is 9.00. The quantitative estimate of drug-likeness (QED) is 0.712. The molecule has 0 aromatic rings. The lowest BCUT2D eigenvalue weighted by Crippen LogP contribution is -2.38. The number of carboxylic acid groups (broad SMARTS) is 1. The standard InChI is InChI=1S/C10H16O3/c1-13-10-4-2-3-9(7-10,5-6-10)8(11)12/h2-7H2,1H3,(H,11,12). The van der Waals surface area contributed by atoms with Crippen molar-refractivity contribution < 1.29 is 14.6 Å². The summed E-state index contributed by atoms with van der Waals surface area (Å²) in [6, 6.07) is 0. The van der Waals surface area contributed by atoms with Crippen LogP contribution < -0.4 is 0 Å². The highest BCUT2D eigenvalue weighted by molar-refractivity contribution is 5.75. The van der Waals surface area contributed by atoms with Crippen LogP contribution in [0.3, 0.4) is 0 Å². The molecule has 13 heavy (non-hydrogen) atoms. The highest BCUT2D eigenvalue weighted by Crippen LogP contribution is 2.55. The molecule has 0 aromatic carbocycles. The first-order chi connectivity index (χ1) is 6.13. The Morgan fingerprint density at radius 1 is 1.31 bits per heavy atom. The van der Waals surface area contributed by atoms with E-state index in [1.165, 1.54) is 0 Å². The molecule has 74 valence electrons. The molecule has 1 N–H and O–H groups in total. The van der Waals surface area contributed by atoms with E-state index in [-0.39, 0.29) is 5.60 Å². The number of aliphatic carboxylic acids is 1. The van der Waals surface area contributed by atoms with Gasteiger partial charge in [-0.2, -0.15) is 0 Å². The second kappa shape index (κ2) is 2.71. The monoisotopic (exact) mass is 184 g/mol. The number of rotatable bonds is 2. The number of fused-ring (bicyclic) bond motifs is 2. The maximum absolute atomic E-state index is 11.1. The molecular formula is C10H16O3. The van der Waals surface area contributed by atoms with E-state index < -0.39 is 11.4 Å². The van der Waals surface area contributed by atoms with Crippen molar-refractivity contribution in [1.29, 1.82) is 0 Å². The van der Waals surface area contributed by atoms with Gasteiger partial charge in [0.2, 0.25) is 0 Å². The van der Waals surface area contributed by atoms with E-state index in [0.717, 1.165) is 38.5 Å². The first-order valence-corrected chi connectivity index (χ1v) is 4.91. The van der Waals surface area contributed by atoms with E-state index in [9.17, 15) is 4.79 Å². The fourth-order valence-corrected chi connectivity index (χ4v) is 3.00. The summed E-state index contributed by atoms with van der Waals surface area (Å²) in [5.41, 5.74) is -0.551.